The molecule has 0 saturated heterocycles. The Kier molecular flexibility index (Phi) is 2.28. The second kappa shape index (κ2) is 3.71. The molecule has 0 amide bonds. The average molecular weight is 260 g/mol. The van der Waals surface area contributed by atoms with E-state index in [4.69, 9.17) is 0 Å². The Morgan fingerprint density at radius 3 is 2.78 bits per heavy atom. The van der Waals surface area contributed by atoms with Crippen molar-refractivity contribution in [2.45, 2.75) is 6.67 Å². The van der Waals surface area contributed by atoms with Gasteiger partial charge in [-0.3, -0.25) is 14.4 Å². The summed E-state index contributed by atoms with van der Waals surface area (Å²) in [4.78, 5) is 16.6. The highest BCUT2D eigenvalue weighted by Crippen LogP contribution is 2.22. The summed E-state index contributed by atoms with van der Waals surface area (Å²) in [6.07, 6.45) is 3.64. The molecule has 0 saturated carbocycles. The molecule has 0 aliphatic carbocycles. The number of nitrogens with zero attached hydrogens (tertiary/aromatic N) is 3. The number of hydrogen-bond acceptors (Lipinski definition) is 2. The van der Waals surface area contributed by atoms with Crippen LogP contribution >= 0.6 is 12.4 Å². The molecule has 1 aromatic rings. The molecule has 0 radical (unpaired) electrons. The minimum Gasteiger partial charge on any atom is -0.317 e. The molecular formula is C13H10ClN3O. The molecule has 4 rings (SSSR count). The van der Waals surface area contributed by atoms with Crippen molar-refractivity contribution >= 4 is 29.5 Å². The molecule has 0 bridgehead atoms. The van der Waals surface area contributed by atoms with Gasteiger partial charge in [0, 0.05) is 12.4 Å². The normalized spacial score (nSPS) is 12.9. The number of para-hydroxylation sites is 1. The zero-order chi connectivity index (χ0) is 11.4. The van der Waals surface area contributed by atoms with Crippen LogP contribution < -0.4 is 5.56 Å². The summed E-state index contributed by atoms with van der Waals surface area (Å²) in [5.74, 6) is 0. The lowest BCUT2D eigenvalue weighted by molar-refractivity contribution is 0.784. The largest absolute Gasteiger partial charge is 0.317 e. The molecule has 3 aliphatic rings. The maximum absolute atomic E-state index is 12.3. The molecule has 3 aliphatic heterocycles. The van der Waals surface area contributed by atoms with Crippen molar-refractivity contribution in [3.8, 4) is 5.69 Å². The van der Waals surface area contributed by atoms with Crippen molar-refractivity contribution < 1.29 is 0 Å². The highest BCUT2D eigenvalue weighted by molar-refractivity contribution is 5.89. The molecule has 0 fully saturated rings. The van der Waals surface area contributed by atoms with Crippen molar-refractivity contribution in [2.24, 2.45) is 4.99 Å². The van der Waals surface area contributed by atoms with Crippen molar-refractivity contribution in [1.82, 2.24) is 9.13 Å². The molecule has 4 nitrogen and oxygen atoms in total. The zero-order valence-electron chi connectivity index (χ0n) is 9.41. The molecule has 0 unspecified atom stereocenters. The first-order valence-corrected chi connectivity index (χ1v) is 5.49. The summed E-state index contributed by atoms with van der Waals surface area (Å²) in [5, 5.41) is 0.731. The van der Waals surface area contributed by atoms with Crippen LogP contribution in [0.2, 0.25) is 0 Å². The van der Waals surface area contributed by atoms with E-state index in [0.29, 0.717) is 6.67 Å². The van der Waals surface area contributed by atoms with Crippen LogP contribution in [0.5, 0.6) is 0 Å². The predicted molar refractivity (Wildman–Crippen MR) is 73.6 cm³/mol. The Labute approximate surface area is 109 Å². The number of hydrogen-bond donors (Lipinski definition) is 0. The van der Waals surface area contributed by atoms with E-state index in [1.807, 2.05) is 36.5 Å². The van der Waals surface area contributed by atoms with Crippen LogP contribution in [0.25, 0.3) is 16.6 Å². The second-order valence-electron chi connectivity index (χ2n) is 4.16. The molecule has 0 aromatic heterocycles. The first-order valence-electron chi connectivity index (χ1n) is 5.49. The summed E-state index contributed by atoms with van der Waals surface area (Å²) in [5.41, 5.74) is 2.92. The molecule has 1 aromatic carbocycles. The SMILES string of the molecule is Cl.O=c1c2ccccc2n2c(c3ccn1-3)C=NC2. The Morgan fingerprint density at radius 2 is 2.00 bits per heavy atom. The van der Waals surface area contributed by atoms with Crippen molar-refractivity contribution in [2.75, 3.05) is 0 Å². The van der Waals surface area contributed by atoms with Crippen LogP contribution in [0, 0.1) is 0 Å². The van der Waals surface area contributed by atoms with E-state index in [1.54, 1.807) is 10.8 Å². The minimum absolute atomic E-state index is 0. The number of halogens is 1. The summed E-state index contributed by atoms with van der Waals surface area (Å²) >= 11 is 0. The van der Waals surface area contributed by atoms with Gasteiger partial charge in [0.2, 0.25) is 0 Å². The van der Waals surface area contributed by atoms with Crippen LogP contribution in [-0.2, 0) is 6.67 Å². The standard InChI is InChI=1S/C13H9N3O.ClH/c17-13-9-3-1-2-4-10(9)16-8-14-7-12(16)11-5-6-15(11)13;/h1-7H,8H2;1H. The van der Waals surface area contributed by atoms with E-state index >= 15 is 0 Å². The van der Waals surface area contributed by atoms with Crippen LogP contribution in [0.15, 0.2) is 46.3 Å². The van der Waals surface area contributed by atoms with E-state index < -0.39 is 0 Å². The van der Waals surface area contributed by atoms with Gasteiger partial charge in [0.15, 0.2) is 0 Å². The van der Waals surface area contributed by atoms with Gasteiger partial charge in [0.25, 0.3) is 5.56 Å². The molecule has 0 atom stereocenters. The minimum atomic E-state index is 0. The number of aromatic nitrogens is 2. The third-order valence-electron chi connectivity index (χ3n) is 3.27. The number of rotatable bonds is 0. The average Bonchev–Trinajstić information content (AvgIpc) is 2.74. The van der Waals surface area contributed by atoms with E-state index in [2.05, 4.69) is 9.56 Å². The maximum Gasteiger partial charge on any atom is 0.264 e. The van der Waals surface area contributed by atoms with E-state index in [9.17, 15) is 4.79 Å². The fourth-order valence-electron chi connectivity index (χ4n) is 2.39. The monoisotopic (exact) mass is 259 g/mol. The van der Waals surface area contributed by atoms with Gasteiger partial charge in [-0.25, -0.2) is 0 Å². The van der Waals surface area contributed by atoms with Gasteiger partial charge in [-0.2, -0.15) is 0 Å². The molecular weight excluding hydrogens is 250 g/mol. The molecule has 90 valence electrons. The third kappa shape index (κ3) is 1.21. The summed E-state index contributed by atoms with van der Waals surface area (Å²) in [7, 11) is 0. The predicted octanol–water partition coefficient (Wildman–Crippen LogP) is 2.04. The first-order chi connectivity index (χ1) is 8.36. The number of fused-ring (bicyclic) bond motifs is 5. The van der Waals surface area contributed by atoms with Gasteiger partial charge in [0.05, 0.1) is 22.3 Å². The molecule has 3 heterocycles. The van der Waals surface area contributed by atoms with Gasteiger partial charge in [-0.15, -0.1) is 12.4 Å². The Bertz CT molecular complexity index is 800. The van der Waals surface area contributed by atoms with E-state index in [0.717, 1.165) is 22.3 Å². The van der Waals surface area contributed by atoms with Gasteiger partial charge in [0.1, 0.15) is 6.67 Å². The molecule has 0 N–H and O–H groups in total. The van der Waals surface area contributed by atoms with E-state index in [-0.39, 0.29) is 18.0 Å². The number of benzene rings is 1. The van der Waals surface area contributed by atoms with Gasteiger partial charge < -0.3 is 4.57 Å². The number of aliphatic imine (C=N–C) groups is 1. The van der Waals surface area contributed by atoms with E-state index in [1.165, 1.54) is 0 Å². The Balaban J connectivity index is 0.000001000. The maximum atomic E-state index is 12.3. The molecule has 18 heavy (non-hydrogen) atoms. The van der Waals surface area contributed by atoms with Crippen molar-refractivity contribution in [3.05, 3.63) is 52.6 Å². The van der Waals surface area contributed by atoms with Gasteiger partial charge >= 0.3 is 0 Å². The molecule has 0 spiro atoms. The lowest BCUT2D eigenvalue weighted by Gasteiger charge is -2.10. The van der Waals surface area contributed by atoms with Gasteiger partial charge in [-0.1, -0.05) is 12.1 Å². The smallest absolute Gasteiger partial charge is 0.264 e. The molecule has 5 heteroatoms. The quantitative estimate of drug-likeness (QED) is 0.609. The lowest BCUT2D eigenvalue weighted by atomic mass is 10.2. The van der Waals surface area contributed by atoms with Gasteiger partial charge in [-0.05, 0) is 18.2 Å². The summed E-state index contributed by atoms with van der Waals surface area (Å²) in [6, 6.07) is 9.62. The summed E-state index contributed by atoms with van der Waals surface area (Å²) in [6.45, 7) is 0.588. The van der Waals surface area contributed by atoms with Crippen molar-refractivity contribution in [3.63, 3.8) is 0 Å². The third-order valence-corrected chi connectivity index (χ3v) is 3.27. The first kappa shape index (κ1) is 11.0. The van der Waals surface area contributed by atoms with Crippen LogP contribution in [0.3, 0.4) is 0 Å². The fraction of sp³-hybridized carbons (Fsp3) is 0.0769. The second-order valence-corrected chi connectivity index (χ2v) is 4.16. The zero-order valence-corrected chi connectivity index (χ0v) is 10.2. The topological polar surface area (TPSA) is 39.3 Å². The van der Waals surface area contributed by atoms with Crippen LogP contribution in [-0.4, -0.2) is 15.3 Å². The van der Waals surface area contributed by atoms with Crippen LogP contribution in [0.1, 0.15) is 5.69 Å². The summed E-state index contributed by atoms with van der Waals surface area (Å²) < 4.78 is 3.76. The Morgan fingerprint density at radius 1 is 1.17 bits per heavy atom. The Hall–Kier alpha value is -2.07. The van der Waals surface area contributed by atoms with Crippen molar-refractivity contribution in [1.29, 1.82) is 0 Å². The highest BCUT2D eigenvalue weighted by Gasteiger charge is 2.18. The lowest BCUT2D eigenvalue weighted by Crippen LogP contribution is -2.19. The van der Waals surface area contributed by atoms with Crippen LogP contribution in [0.4, 0.5) is 0 Å². The highest BCUT2D eigenvalue weighted by atomic mass is 35.5. The fourth-order valence-corrected chi connectivity index (χ4v) is 2.39.